The monoisotopic (exact) mass is 290 g/mol. The first-order chi connectivity index (χ1) is 9.80. The topological polar surface area (TPSA) is 66.9 Å². The molecule has 1 aromatic rings. The van der Waals surface area contributed by atoms with Crippen molar-refractivity contribution in [2.45, 2.75) is 41.0 Å². The maximum absolute atomic E-state index is 12.1. The lowest BCUT2D eigenvalue weighted by Gasteiger charge is -2.07. The molecule has 1 aliphatic rings. The molecule has 0 saturated heterocycles. The van der Waals surface area contributed by atoms with Crippen molar-refractivity contribution in [3.05, 3.63) is 18.1 Å². The standard InChI is InChI=1S/C16H26N4O/c1-6-7-17-13-10-18-11(8-19-13)14(21)20-9-12-15(2,3)16(12,4)5/h8,10,12H,6-7,9H2,1-5H3,(H,17,19)(H,20,21). The van der Waals surface area contributed by atoms with Crippen LogP contribution in [0.25, 0.3) is 0 Å². The highest BCUT2D eigenvalue weighted by Gasteiger charge is 2.64. The van der Waals surface area contributed by atoms with Gasteiger partial charge in [0, 0.05) is 13.1 Å². The molecule has 21 heavy (non-hydrogen) atoms. The van der Waals surface area contributed by atoms with Crippen LogP contribution in [0, 0.1) is 16.7 Å². The van der Waals surface area contributed by atoms with Crippen LogP contribution in [0.4, 0.5) is 5.82 Å². The predicted molar refractivity (Wildman–Crippen MR) is 84.2 cm³/mol. The molecule has 0 atom stereocenters. The largest absolute Gasteiger partial charge is 0.369 e. The molecule has 1 amide bonds. The maximum Gasteiger partial charge on any atom is 0.271 e. The average Bonchev–Trinajstić information content (AvgIpc) is 2.84. The third kappa shape index (κ3) is 3.01. The Morgan fingerprint density at radius 3 is 2.33 bits per heavy atom. The first-order valence-corrected chi connectivity index (χ1v) is 7.64. The van der Waals surface area contributed by atoms with Gasteiger partial charge in [0.25, 0.3) is 5.91 Å². The number of rotatable bonds is 6. The summed E-state index contributed by atoms with van der Waals surface area (Å²) in [7, 11) is 0. The van der Waals surface area contributed by atoms with E-state index in [0.717, 1.165) is 13.0 Å². The lowest BCUT2D eigenvalue weighted by Crippen LogP contribution is -2.28. The number of aromatic nitrogens is 2. The van der Waals surface area contributed by atoms with Gasteiger partial charge in [0.2, 0.25) is 0 Å². The number of anilines is 1. The molecule has 2 N–H and O–H groups in total. The van der Waals surface area contributed by atoms with Gasteiger partial charge in [-0.25, -0.2) is 9.97 Å². The average molecular weight is 290 g/mol. The number of carbonyl (C=O) groups is 1. The Bertz CT molecular complexity index is 494. The summed E-state index contributed by atoms with van der Waals surface area (Å²) in [5, 5.41) is 6.11. The molecule has 5 heteroatoms. The molecule has 0 aromatic carbocycles. The lowest BCUT2D eigenvalue weighted by molar-refractivity contribution is 0.0944. The van der Waals surface area contributed by atoms with E-state index in [1.807, 2.05) is 0 Å². The fourth-order valence-corrected chi connectivity index (χ4v) is 2.92. The zero-order valence-electron chi connectivity index (χ0n) is 13.7. The summed E-state index contributed by atoms with van der Waals surface area (Å²) in [4.78, 5) is 20.5. The highest BCUT2D eigenvalue weighted by atomic mass is 16.1. The summed E-state index contributed by atoms with van der Waals surface area (Å²) in [5.41, 5.74) is 0.924. The predicted octanol–water partition coefficient (Wildman–Crippen LogP) is 2.71. The minimum Gasteiger partial charge on any atom is -0.369 e. The summed E-state index contributed by atoms with van der Waals surface area (Å²) >= 11 is 0. The summed E-state index contributed by atoms with van der Waals surface area (Å²) in [6.07, 6.45) is 4.16. The van der Waals surface area contributed by atoms with E-state index in [9.17, 15) is 4.79 Å². The fourth-order valence-electron chi connectivity index (χ4n) is 2.92. The van der Waals surface area contributed by atoms with E-state index in [4.69, 9.17) is 0 Å². The Balaban J connectivity index is 1.87. The van der Waals surface area contributed by atoms with E-state index in [1.54, 1.807) is 6.20 Å². The normalized spacial score (nSPS) is 19.1. The second-order valence-electron chi connectivity index (χ2n) is 6.92. The van der Waals surface area contributed by atoms with Crippen molar-refractivity contribution in [3.8, 4) is 0 Å². The molecule has 0 aliphatic heterocycles. The minimum absolute atomic E-state index is 0.150. The first kappa shape index (κ1) is 15.7. The molecule has 1 aliphatic carbocycles. The minimum atomic E-state index is -0.150. The van der Waals surface area contributed by atoms with Crippen LogP contribution < -0.4 is 10.6 Å². The van der Waals surface area contributed by atoms with E-state index >= 15 is 0 Å². The van der Waals surface area contributed by atoms with Crippen molar-refractivity contribution in [1.29, 1.82) is 0 Å². The first-order valence-electron chi connectivity index (χ1n) is 7.64. The van der Waals surface area contributed by atoms with Crippen molar-refractivity contribution in [3.63, 3.8) is 0 Å². The van der Waals surface area contributed by atoms with Crippen molar-refractivity contribution in [1.82, 2.24) is 15.3 Å². The third-order valence-corrected chi connectivity index (χ3v) is 5.23. The molecule has 0 spiro atoms. The second kappa shape index (κ2) is 5.62. The number of carbonyl (C=O) groups excluding carboxylic acids is 1. The molecule has 1 fully saturated rings. The van der Waals surface area contributed by atoms with Gasteiger partial charge in [-0.15, -0.1) is 0 Å². The van der Waals surface area contributed by atoms with Crippen LogP contribution >= 0.6 is 0 Å². The summed E-state index contributed by atoms with van der Waals surface area (Å²) < 4.78 is 0. The van der Waals surface area contributed by atoms with E-state index in [2.05, 4.69) is 55.2 Å². The highest BCUT2D eigenvalue weighted by Crippen LogP contribution is 2.67. The van der Waals surface area contributed by atoms with Crippen LogP contribution in [0.15, 0.2) is 12.4 Å². The molecule has 1 heterocycles. The molecule has 116 valence electrons. The molecule has 1 saturated carbocycles. The van der Waals surface area contributed by atoms with Gasteiger partial charge < -0.3 is 10.6 Å². The van der Waals surface area contributed by atoms with Gasteiger partial charge in [0.05, 0.1) is 12.4 Å². The molecule has 0 bridgehead atoms. The van der Waals surface area contributed by atoms with Crippen LogP contribution in [0.3, 0.4) is 0 Å². The van der Waals surface area contributed by atoms with Gasteiger partial charge in [-0.3, -0.25) is 4.79 Å². The summed E-state index contributed by atoms with van der Waals surface area (Å²) in [5.74, 6) is 1.06. The van der Waals surface area contributed by atoms with Gasteiger partial charge in [-0.2, -0.15) is 0 Å². The molecule has 0 unspecified atom stereocenters. The number of hydrogen-bond acceptors (Lipinski definition) is 4. The molecule has 0 radical (unpaired) electrons. The number of amides is 1. The Hall–Kier alpha value is -1.65. The Morgan fingerprint density at radius 1 is 1.19 bits per heavy atom. The van der Waals surface area contributed by atoms with Crippen LogP contribution in [0.5, 0.6) is 0 Å². The van der Waals surface area contributed by atoms with Crippen molar-refractivity contribution in [2.24, 2.45) is 16.7 Å². The van der Waals surface area contributed by atoms with Gasteiger partial charge >= 0.3 is 0 Å². The van der Waals surface area contributed by atoms with Crippen LogP contribution in [0.1, 0.15) is 51.5 Å². The van der Waals surface area contributed by atoms with Gasteiger partial charge in [-0.1, -0.05) is 34.6 Å². The van der Waals surface area contributed by atoms with E-state index in [1.165, 1.54) is 6.20 Å². The summed E-state index contributed by atoms with van der Waals surface area (Å²) in [6, 6.07) is 0. The molecule has 2 rings (SSSR count). The second-order valence-corrected chi connectivity index (χ2v) is 6.92. The van der Waals surface area contributed by atoms with Crippen LogP contribution in [-0.4, -0.2) is 29.0 Å². The van der Waals surface area contributed by atoms with E-state index in [-0.39, 0.29) is 16.7 Å². The number of nitrogens with one attached hydrogen (secondary N) is 2. The quantitative estimate of drug-likeness (QED) is 0.845. The fraction of sp³-hybridized carbons (Fsp3) is 0.688. The molecular formula is C16H26N4O. The van der Waals surface area contributed by atoms with Gasteiger partial charge in [0.15, 0.2) is 0 Å². The number of nitrogens with zero attached hydrogens (tertiary/aromatic N) is 2. The van der Waals surface area contributed by atoms with Crippen molar-refractivity contribution in [2.75, 3.05) is 18.4 Å². The highest BCUT2D eigenvalue weighted by molar-refractivity contribution is 5.92. The smallest absolute Gasteiger partial charge is 0.271 e. The van der Waals surface area contributed by atoms with Crippen molar-refractivity contribution < 1.29 is 4.79 Å². The van der Waals surface area contributed by atoms with E-state index < -0.39 is 0 Å². The van der Waals surface area contributed by atoms with Gasteiger partial charge in [-0.05, 0) is 23.2 Å². The number of hydrogen-bond donors (Lipinski definition) is 2. The van der Waals surface area contributed by atoms with Crippen molar-refractivity contribution >= 4 is 11.7 Å². The van der Waals surface area contributed by atoms with E-state index in [0.29, 0.717) is 24.0 Å². The molecular weight excluding hydrogens is 264 g/mol. The summed E-state index contributed by atoms with van der Waals surface area (Å²) in [6.45, 7) is 12.6. The Morgan fingerprint density at radius 2 is 1.86 bits per heavy atom. The van der Waals surface area contributed by atoms with Gasteiger partial charge in [0.1, 0.15) is 11.5 Å². The van der Waals surface area contributed by atoms with Crippen LogP contribution in [0.2, 0.25) is 0 Å². The Kier molecular flexibility index (Phi) is 4.21. The molecule has 5 nitrogen and oxygen atoms in total. The zero-order valence-corrected chi connectivity index (χ0v) is 13.7. The third-order valence-electron chi connectivity index (χ3n) is 5.23. The zero-order chi connectivity index (χ0) is 15.7. The SMILES string of the molecule is CCCNc1cnc(C(=O)NCC2C(C)(C)C2(C)C)cn1. The maximum atomic E-state index is 12.1. The lowest BCUT2D eigenvalue weighted by atomic mass is 10.0. The molecule has 1 aromatic heterocycles. The Labute approximate surface area is 127 Å². The van der Waals surface area contributed by atoms with Crippen LogP contribution in [-0.2, 0) is 0 Å².